The number of hydrogen-bond donors (Lipinski definition) is 1. The predicted molar refractivity (Wildman–Crippen MR) is 65.0 cm³/mol. The third-order valence-electron chi connectivity index (χ3n) is 1.74. The summed E-state index contributed by atoms with van der Waals surface area (Å²) in [6, 6.07) is 4.08. The molecule has 3 nitrogen and oxygen atoms in total. The minimum atomic E-state index is -0.141. The van der Waals surface area contributed by atoms with E-state index in [-0.39, 0.29) is 5.97 Å². The van der Waals surface area contributed by atoms with Gasteiger partial charge in [0.2, 0.25) is 0 Å². The Morgan fingerprint density at radius 1 is 1.60 bits per heavy atom. The van der Waals surface area contributed by atoms with Gasteiger partial charge in [0.05, 0.1) is 16.8 Å². The normalized spacial score (nSPS) is 10.3. The maximum absolute atomic E-state index is 11.0. The number of nitrogens with one attached hydrogen (secondary N) is 1. The van der Waals surface area contributed by atoms with Gasteiger partial charge in [-0.15, -0.1) is 11.3 Å². The van der Waals surface area contributed by atoms with Gasteiger partial charge in [0.15, 0.2) is 0 Å². The number of thiophene rings is 1. The zero-order valence-electron chi connectivity index (χ0n) is 8.59. The molecule has 0 saturated carbocycles. The number of ether oxygens (including phenoxy) is 1. The minimum Gasteiger partial charge on any atom is -0.466 e. The van der Waals surface area contributed by atoms with E-state index < -0.39 is 0 Å². The Kier molecular flexibility index (Phi) is 5.90. The van der Waals surface area contributed by atoms with Crippen LogP contribution in [0, 0.1) is 0 Å². The second-order valence-electron chi connectivity index (χ2n) is 2.94. The molecule has 1 heterocycles. The van der Waals surface area contributed by atoms with E-state index in [0.29, 0.717) is 19.6 Å². The first-order valence-electron chi connectivity index (χ1n) is 4.83. The van der Waals surface area contributed by atoms with Crippen molar-refractivity contribution in [1.82, 2.24) is 5.32 Å². The van der Waals surface area contributed by atoms with Crippen molar-refractivity contribution in [3.05, 3.63) is 20.8 Å². The van der Waals surface area contributed by atoms with Gasteiger partial charge in [-0.1, -0.05) is 0 Å². The molecular weight excluding hydrogens is 278 g/mol. The Morgan fingerprint density at radius 2 is 2.40 bits per heavy atom. The Hall–Kier alpha value is -0.390. The molecule has 0 aromatic carbocycles. The first-order valence-corrected chi connectivity index (χ1v) is 6.44. The first-order chi connectivity index (χ1) is 7.22. The van der Waals surface area contributed by atoms with E-state index in [1.807, 2.05) is 13.0 Å². The molecule has 0 aliphatic rings. The number of halogens is 1. The third kappa shape index (κ3) is 5.30. The van der Waals surface area contributed by atoms with Crippen LogP contribution in [-0.2, 0) is 16.1 Å². The van der Waals surface area contributed by atoms with Crippen LogP contribution in [0.5, 0.6) is 0 Å². The van der Waals surface area contributed by atoms with Crippen LogP contribution in [0.2, 0.25) is 0 Å². The largest absolute Gasteiger partial charge is 0.466 e. The highest BCUT2D eigenvalue weighted by Gasteiger charge is 2.01. The summed E-state index contributed by atoms with van der Waals surface area (Å²) in [6.45, 7) is 3.73. The van der Waals surface area contributed by atoms with Crippen molar-refractivity contribution in [2.45, 2.75) is 19.9 Å². The van der Waals surface area contributed by atoms with Crippen molar-refractivity contribution in [1.29, 1.82) is 0 Å². The Balaban J connectivity index is 2.09. The fraction of sp³-hybridized carbons (Fsp3) is 0.500. The molecule has 0 fully saturated rings. The summed E-state index contributed by atoms with van der Waals surface area (Å²) in [7, 11) is 0. The van der Waals surface area contributed by atoms with Gasteiger partial charge in [-0.2, -0.15) is 0 Å². The second-order valence-corrected chi connectivity index (χ2v) is 5.49. The van der Waals surface area contributed by atoms with E-state index in [1.165, 1.54) is 4.88 Å². The van der Waals surface area contributed by atoms with Crippen molar-refractivity contribution >= 4 is 33.2 Å². The summed E-state index contributed by atoms with van der Waals surface area (Å²) in [5.41, 5.74) is 0. The number of carbonyl (C=O) groups excluding carboxylic acids is 1. The van der Waals surface area contributed by atoms with Gasteiger partial charge >= 0.3 is 5.97 Å². The number of carbonyl (C=O) groups is 1. The fourth-order valence-electron chi connectivity index (χ4n) is 1.08. The van der Waals surface area contributed by atoms with Crippen LogP contribution in [0.25, 0.3) is 0 Å². The van der Waals surface area contributed by atoms with Crippen LogP contribution in [0.15, 0.2) is 15.9 Å². The lowest BCUT2D eigenvalue weighted by Gasteiger charge is -2.02. The zero-order chi connectivity index (χ0) is 11.1. The number of esters is 1. The van der Waals surface area contributed by atoms with E-state index in [1.54, 1.807) is 11.3 Å². The van der Waals surface area contributed by atoms with Gasteiger partial charge in [0.25, 0.3) is 0 Å². The molecule has 1 N–H and O–H groups in total. The molecule has 0 bridgehead atoms. The van der Waals surface area contributed by atoms with E-state index in [4.69, 9.17) is 4.74 Å². The van der Waals surface area contributed by atoms with Crippen LogP contribution >= 0.6 is 27.3 Å². The standard InChI is InChI=1S/C10H14BrNO2S/c1-2-14-10(13)5-6-12-7-8-3-4-9(11)15-8/h3-4,12H,2,5-7H2,1H3. The highest BCUT2D eigenvalue weighted by atomic mass is 79.9. The van der Waals surface area contributed by atoms with E-state index >= 15 is 0 Å². The Labute approximate surface area is 102 Å². The summed E-state index contributed by atoms with van der Waals surface area (Å²) in [5, 5.41) is 3.19. The van der Waals surface area contributed by atoms with Gasteiger partial charge in [-0.25, -0.2) is 0 Å². The second kappa shape index (κ2) is 6.98. The Bertz CT molecular complexity index is 314. The zero-order valence-corrected chi connectivity index (χ0v) is 11.0. The third-order valence-corrected chi connectivity index (χ3v) is 3.36. The van der Waals surface area contributed by atoms with Crippen molar-refractivity contribution in [2.75, 3.05) is 13.2 Å². The Morgan fingerprint density at radius 3 is 3.00 bits per heavy atom. The summed E-state index contributed by atoms with van der Waals surface area (Å²) < 4.78 is 5.94. The minimum absolute atomic E-state index is 0.141. The smallest absolute Gasteiger partial charge is 0.307 e. The van der Waals surface area contributed by atoms with E-state index in [0.717, 1.165) is 10.3 Å². The molecule has 0 aliphatic carbocycles. The van der Waals surface area contributed by atoms with E-state index in [2.05, 4.69) is 27.3 Å². The van der Waals surface area contributed by atoms with E-state index in [9.17, 15) is 4.79 Å². The summed E-state index contributed by atoms with van der Waals surface area (Å²) >= 11 is 5.10. The molecule has 0 spiro atoms. The molecule has 1 aromatic rings. The molecule has 15 heavy (non-hydrogen) atoms. The van der Waals surface area contributed by atoms with Crippen molar-refractivity contribution in [2.24, 2.45) is 0 Å². The topological polar surface area (TPSA) is 38.3 Å². The SMILES string of the molecule is CCOC(=O)CCNCc1ccc(Br)s1. The molecule has 0 aliphatic heterocycles. The maximum atomic E-state index is 11.0. The quantitative estimate of drug-likeness (QED) is 0.647. The van der Waals surface area contributed by atoms with Crippen LogP contribution in [0.1, 0.15) is 18.2 Å². The molecule has 1 rings (SSSR count). The highest BCUT2D eigenvalue weighted by molar-refractivity contribution is 9.11. The van der Waals surface area contributed by atoms with Crippen LogP contribution < -0.4 is 5.32 Å². The number of hydrogen-bond acceptors (Lipinski definition) is 4. The van der Waals surface area contributed by atoms with Crippen LogP contribution in [0.4, 0.5) is 0 Å². The lowest BCUT2D eigenvalue weighted by Crippen LogP contribution is -2.18. The van der Waals surface area contributed by atoms with Crippen molar-refractivity contribution in [3.63, 3.8) is 0 Å². The van der Waals surface area contributed by atoms with Gasteiger partial charge < -0.3 is 10.1 Å². The molecule has 0 radical (unpaired) electrons. The monoisotopic (exact) mass is 291 g/mol. The van der Waals surface area contributed by atoms with Crippen molar-refractivity contribution < 1.29 is 9.53 Å². The molecule has 5 heteroatoms. The summed E-state index contributed by atoms with van der Waals surface area (Å²) in [5.74, 6) is -0.141. The molecule has 0 saturated heterocycles. The maximum Gasteiger partial charge on any atom is 0.307 e. The van der Waals surface area contributed by atoms with Gasteiger partial charge in [-0.05, 0) is 35.0 Å². The first kappa shape index (κ1) is 12.7. The van der Waals surface area contributed by atoms with Crippen LogP contribution in [0.3, 0.4) is 0 Å². The van der Waals surface area contributed by atoms with Crippen LogP contribution in [-0.4, -0.2) is 19.1 Å². The average Bonchev–Trinajstić information content (AvgIpc) is 2.60. The lowest BCUT2D eigenvalue weighted by atomic mass is 10.4. The van der Waals surface area contributed by atoms with Gasteiger partial charge in [0.1, 0.15) is 0 Å². The summed E-state index contributed by atoms with van der Waals surface area (Å²) in [6.07, 6.45) is 0.431. The highest BCUT2D eigenvalue weighted by Crippen LogP contribution is 2.21. The van der Waals surface area contributed by atoms with Gasteiger partial charge in [0, 0.05) is 18.0 Å². The van der Waals surface area contributed by atoms with Gasteiger partial charge in [-0.3, -0.25) is 4.79 Å². The number of rotatable bonds is 6. The average molecular weight is 292 g/mol. The fourth-order valence-corrected chi connectivity index (χ4v) is 2.53. The molecule has 0 atom stereocenters. The van der Waals surface area contributed by atoms with Crippen molar-refractivity contribution in [3.8, 4) is 0 Å². The molecule has 0 unspecified atom stereocenters. The molecular formula is C10H14BrNO2S. The predicted octanol–water partition coefficient (Wildman–Crippen LogP) is 2.55. The molecule has 1 aromatic heterocycles. The molecule has 84 valence electrons. The molecule has 0 amide bonds. The summed E-state index contributed by atoms with van der Waals surface area (Å²) in [4.78, 5) is 12.2. The lowest BCUT2D eigenvalue weighted by molar-refractivity contribution is -0.142.